The van der Waals surface area contributed by atoms with Gasteiger partial charge in [-0.05, 0) is 19.1 Å². The summed E-state index contributed by atoms with van der Waals surface area (Å²) in [6, 6.07) is -1.01. The van der Waals surface area contributed by atoms with Gasteiger partial charge in [0, 0.05) is 12.0 Å². The fourth-order valence-electron chi connectivity index (χ4n) is 2.30. The fraction of sp³-hybridized carbons (Fsp3) is 0.583. The third-order valence-corrected chi connectivity index (χ3v) is 3.84. The highest BCUT2D eigenvalue weighted by Gasteiger charge is 2.50. The second kappa shape index (κ2) is 7.10. The predicted octanol–water partition coefficient (Wildman–Crippen LogP) is -1.03. The number of β-lactam (4-membered cyclic amide) rings is 1. The Labute approximate surface area is 131 Å². The van der Waals surface area contributed by atoms with Crippen molar-refractivity contribution in [1.29, 1.82) is 0 Å². The average Bonchev–Trinajstić information content (AvgIpc) is 2.43. The van der Waals surface area contributed by atoms with Crippen LogP contribution in [-0.4, -0.2) is 57.6 Å². The standard InChI is InChI=1S/C12H16N4O5S/c1-4(9(17)8(16-13)11(19)20)7-6(10(18)15-7)5(2)14-12(22)21-3/h4-7H,1-3H3,(H,14,22)(H,15,18)(H,19,20)/t4?,5-,6-,7-/m1/s1. The summed E-state index contributed by atoms with van der Waals surface area (Å²) >= 11 is 4.85. The number of aliphatic carboxylic acids is 1. The van der Waals surface area contributed by atoms with Gasteiger partial charge in [-0.25, -0.2) is 4.79 Å². The zero-order chi connectivity index (χ0) is 17.0. The fourth-order valence-corrected chi connectivity index (χ4v) is 2.49. The first-order valence-corrected chi connectivity index (χ1v) is 6.79. The number of Topliss-reactive ketones (excluding diaryl/α,β-unsaturated/α-hetero) is 1. The molecular formula is C12H16N4O5S. The van der Waals surface area contributed by atoms with E-state index in [-0.39, 0.29) is 11.1 Å². The number of carboxylic acid groups (broad SMARTS) is 1. The maximum atomic E-state index is 12.0. The number of hydrogen-bond donors (Lipinski definition) is 3. The van der Waals surface area contributed by atoms with Crippen LogP contribution in [0.5, 0.6) is 0 Å². The highest BCUT2D eigenvalue weighted by Crippen LogP contribution is 2.26. The van der Waals surface area contributed by atoms with E-state index in [9.17, 15) is 14.4 Å². The smallest absolute Gasteiger partial charge is 0.441 e. The number of hydrogen-bond acceptors (Lipinski definition) is 5. The van der Waals surface area contributed by atoms with Crippen LogP contribution in [0.1, 0.15) is 13.8 Å². The van der Waals surface area contributed by atoms with Crippen LogP contribution in [0, 0.1) is 11.8 Å². The van der Waals surface area contributed by atoms with E-state index in [0.29, 0.717) is 0 Å². The van der Waals surface area contributed by atoms with Crippen molar-refractivity contribution in [3.8, 4) is 0 Å². The Morgan fingerprint density at radius 2 is 2.09 bits per heavy atom. The Balaban J connectivity index is 2.86. The van der Waals surface area contributed by atoms with Crippen LogP contribution < -0.4 is 10.6 Å². The molecule has 1 heterocycles. The Kier molecular flexibility index (Phi) is 5.72. The number of thiocarbonyl (C=S) groups is 1. The summed E-state index contributed by atoms with van der Waals surface area (Å²) in [5.74, 6) is -4.26. The largest absolute Gasteiger partial charge is 0.474 e. The molecule has 1 rings (SSSR count). The van der Waals surface area contributed by atoms with Crippen LogP contribution in [0.15, 0.2) is 0 Å². The Morgan fingerprint density at radius 3 is 2.50 bits per heavy atom. The highest BCUT2D eigenvalue weighted by molar-refractivity contribution is 7.80. The molecule has 22 heavy (non-hydrogen) atoms. The Hall–Kier alpha value is -2.32. The SMILES string of the molecule is COC(=S)N[C@H](C)[C@H]1C(=O)N[C@@H]1C(C)C(=O)C(=[N+]=[N-])C(=O)O. The van der Waals surface area contributed by atoms with Crippen LogP contribution in [0.4, 0.5) is 0 Å². The van der Waals surface area contributed by atoms with E-state index in [0.717, 1.165) is 0 Å². The Bertz CT molecular complexity index is 572. The summed E-state index contributed by atoms with van der Waals surface area (Å²) < 4.78 is 4.80. The molecule has 1 fully saturated rings. The van der Waals surface area contributed by atoms with Gasteiger partial charge in [0.15, 0.2) is 0 Å². The normalized spacial score (nSPS) is 22.2. The van der Waals surface area contributed by atoms with E-state index in [1.165, 1.54) is 14.0 Å². The van der Waals surface area contributed by atoms with Crippen molar-refractivity contribution < 1.29 is 29.0 Å². The summed E-state index contributed by atoms with van der Waals surface area (Å²) in [7, 11) is 1.38. The number of carboxylic acids is 1. The Morgan fingerprint density at radius 1 is 1.50 bits per heavy atom. The molecular weight excluding hydrogens is 312 g/mol. The molecule has 1 unspecified atom stereocenters. The highest BCUT2D eigenvalue weighted by atomic mass is 32.1. The van der Waals surface area contributed by atoms with Gasteiger partial charge in [-0.1, -0.05) is 6.92 Å². The van der Waals surface area contributed by atoms with Gasteiger partial charge in [-0.15, -0.1) is 0 Å². The quantitative estimate of drug-likeness (QED) is 0.141. The number of ketones is 1. The molecule has 0 aromatic carbocycles. The van der Waals surface area contributed by atoms with Crippen LogP contribution in [0.25, 0.3) is 5.53 Å². The van der Waals surface area contributed by atoms with Crippen molar-refractivity contribution in [2.45, 2.75) is 25.9 Å². The molecule has 0 bridgehead atoms. The summed E-state index contributed by atoms with van der Waals surface area (Å²) in [5.41, 5.74) is 7.65. The number of rotatable bonds is 6. The van der Waals surface area contributed by atoms with Gasteiger partial charge in [-0.2, -0.15) is 4.79 Å². The summed E-state index contributed by atoms with van der Waals surface area (Å²) in [6.45, 7) is 3.14. The number of ether oxygens (including phenoxy) is 1. The zero-order valence-electron chi connectivity index (χ0n) is 12.2. The second-order valence-corrected chi connectivity index (χ2v) is 5.26. The maximum Gasteiger partial charge on any atom is 0.441 e. The minimum atomic E-state index is -1.63. The molecule has 120 valence electrons. The van der Waals surface area contributed by atoms with E-state index >= 15 is 0 Å². The van der Waals surface area contributed by atoms with Crippen molar-refractivity contribution in [3.05, 3.63) is 5.53 Å². The molecule has 1 aliphatic rings. The summed E-state index contributed by atoms with van der Waals surface area (Å²) in [5, 5.41) is 14.2. The number of nitrogens with zero attached hydrogens (tertiary/aromatic N) is 2. The van der Waals surface area contributed by atoms with Crippen LogP contribution in [0.2, 0.25) is 0 Å². The molecule has 1 amide bonds. The second-order valence-electron chi connectivity index (χ2n) is 4.89. The van der Waals surface area contributed by atoms with Crippen molar-refractivity contribution in [2.75, 3.05) is 7.11 Å². The van der Waals surface area contributed by atoms with E-state index in [4.69, 9.17) is 27.6 Å². The van der Waals surface area contributed by atoms with Crippen LogP contribution in [-0.2, 0) is 19.1 Å². The molecule has 0 spiro atoms. The maximum absolute atomic E-state index is 12.0. The van der Waals surface area contributed by atoms with Gasteiger partial charge >= 0.3 is 11.7 Å². The third kappa shape index (κ3) is 3.46. The number of nitrogens with one attached hydrogen (secondary N) is 2. The van der Waals surface area contributed by atoms with Crippen molar-refractivity contribution in [2.24, 2.45) is 11.8 Å². The lowest BCUT2D eigenvalue weighted by Gasteiger charge is -2.42. The predicted molar refractivity (Wildman–Crippen MR) is 78.1 cm³/mol. The molecule has 0 aromatic rings. The van der Waals surface area contributed by atoms with E-state index in [1.807, 2.05) is 0 Å². The molecule has 3 N–H and O–H groups in total. The molecule has 1 aliphatic heterocycles. The van der Waals surface area contributed by atoms with E-state index in [2.05, 4.69) is 15.4 Å². The first kappa shape index (κ1) is 17.7. The number of carbonyl (C=O) groups excluding carboxylic acids is 2. The lowest BCUT2D eigenvalue weighted by molar-refractivity contribution is -0.141. The number of amides is 1. The number of methoxy groups -OCH3 is 1. The van der Waals surface area contributed by atoms with Crippen molar-refractivity contribution in [3.63, 3.8) is 0 Å². The molecule has 4 atom stereocenters. The van der Waals surface area contributed by atoms with Gasteiger partial charge < -0.3 is 26.0 Å². The monoisotopic (exact) mass is 328 g/mol. The molecule has 10 heteroatoms. The minimum absolute atomic E-state index is 0.105. The minimum Gasteiger partial charge on any atom is -0.474 e. The van der Waals surface area contributed by atoms with Gasteiger partial charge in [0.05, 0.1) is 19.1 Å². The number of carbonyl (C=O) groups is 3. The lowest BCUT2D eigenvalue weighted by Crippen LogP contribution is -2.68. The molecule has 1 saturated heterocycles. The summed E-state index contributed by atoms with van der Waals surface area (Å²) in [6.07, 6.45) is 0. The van der Waals surface area contributed by atoms with E-state index in [1.54, 1.807) is 6.92 Å². The third-order valence-electron chi connectivity index (χ3n) is 3.56. The summed E-state index contributed by atoms with van der Waals surface area (Å²) in [4.78, 5) is 37.0. The van der Waals surface area contributed by atoms with Gasteiger partial charge in [0.1, 0.15) is 0 Å². The molecule has 9 nitrogen and oxygen atoms in total. The molecule has 0 radical (unpaired) electrons. The molecule has 0 aromatic heterocycles. The molecule has 0 saturated carbocycles. The average molecular weight is 328 g/mol. The lowest BCUT2D eigenvalue weighted by atomic mass is 9.75. The van der Waals surface area contributed by atoms with E-state index < -0.39 is 41.4 Å². The topological polar surface area (TPSA) is 141 Å². The van der Waals surface area contributed by atoms with Gasteiger partial charge in [0.25, 0.3) is 11.0 Å². The van der Waals surface area contributed by atoms with Gasteiger partial charge in [0.2, 0.25) is 5.91 Å². The van der Waals surface area contributed by atoms with Crippen LogP contribution >= 0.6 is 12.2 Å². The van der Waals surface area contributed by atoms with Crippen molar-refractivity contribution in [1.82, 2.24) is 10.6 Å². The van der Waals surface area contributed by atoms with Crippen molar-refractivity contribution >= 4 is 40.8 Å². The zero-order valence-corrected chi connectivity index (χ0v) is 13.0. The molecule has 0 aliphatic carbocycles. The first-order valence-electron chi connectivity index (χ1n) is 6.39. The van der Waals surface area contributed by atoms with Gasteiger partial charge in [-0.3, -0.25) is 9.59 Å². The van der Waals surface area contributed by atoms with Crippen LogP contribution in [0.3, 0.4) is 0 Å². The first-order chi connectivity index (χ1) is 10.2.